The van der Waals surface area contributed by atoms with Crippen LogP contribution in [-0.2, 0) is 11.3 Å². The molecule has 1 aliphatic rings. The van der Waals surface area contributed by atoms with Crippen LogP contribution in [0, 0.1) is 5.92 Å². The smallest absolute Gasteiger partial charge is 0.183 e. The van der Waals surface area contributed by atoms with Gasteiger partial charge in [-0.1, -0.05) is 11.6 Å². The Balaban J connectivity index is 1.51. The van der Waals surface area contributed by atoms with Crippen molar-refractivity contribution in [2.45, 2.75) is 32.3 Å². The van der Waals surface area contributed by atoms with Crippen LogP contribution >= 0.6 is 22.9 Å². The summed E-state index contributed by atoms with van der Waals surface area (Å²) in [5, 5.41) is 3.44. The largest absolute Gasteiger partial charge is 0.376 e. The lowest BCUT2D eigenvalue weighted by Gasteiger charge is -2.22. The van der Waals surface area contributed by atoms with E-state index in [1.807, 2.05) is 0 Å². The maximum Gasteiger partial charge on any atom is 0.183 e. The third-order valence-corrected chi connectivity index (χ3v) is 4.16. The molecule has 1 aromatic heterocycles. The quantitative estimate of drug-likeness (QED) is 0.810. The first-order chi connectivity index (χ1) is 8.34. The standard InChI is InChI=1S/C12H19ClN2OS/c13-12-15-8-11(17-12)9-16-6-2-4-10-3-1-5-14-7-10/h8,10,14H,1-7,9H2/t10-/m0/s1. The maximum atomic E-state index is 5.75. The normalized spacial score (nSPS) is 20.6. The number of rotatable bonds is 6. The molecule has 0 aliphatic carbocycles. The Kier molecular flexibility index (Phi) is 5.71. The van der Waals surface area contributed by atoms with Crippen molar-refractivity contribution >= 4 is 22.9 Å². The molecule has 1 fully saturated rings. The van der Waals surface area contributed by atoms with Crippen LogP contribution in [0.1, 0.15) is 30.6 Å². The molecule has 2 rings (SSSR count). The van der Waals surface area contributed by atoms with E-state index in [0.29, 0.717) is 11.1 Å². The predicted octanol–water partition coefficient (Wildman–Crippen LogP) is 3.09. The van der Waals surface area contributed by atoms with Gasteiger partial charge in [0.2, 0.25) is 0 Å². The second kappa shape index (κ2) is 7.31. The van der Waals surface area contributed by atoms with Gasteiger partial charge in [-0.25, -0.2) is 4.98 Å². The van der Waals surface area contributed by atoms with Crippen LogP contribution in [0.4, 0.5) is 0 Å². The topological polar surface area (TPSA) is 34.1 Å². The summed E-state index contributed by atoms with van der Waals surface area (Å²) >= 11 is 7.24. The minimum Gasteiger partial charge on any atom is -0.376 e. The summed E-state index contributed by atoms with van der Waals surface area (Å²) in [6, 6.07) is 0. The molecule has 0 amide bonds. The van der Waals surface area contributed by atoms with Gasteiger partial charge in [0, 0.05) is 12.8 Å². The Morgan fingerprint density at radius 2 is 2.53 bits per heavy atom. The third-order valence-electron chi connectivity index (χ3n) is 3.07. The second-order valence-corrected chi connectivity index (χ2v) is 6.18. The SMILES string of the molecule is Clc1ncc(COCCC[C@@H]2CCCNC2)s1. The number of ether oxygens (including phenoxy) is 1. The molecule has 1 atom stereocenters. The van der Waals surface area contributed by atoms with E-state index in [2.05, 4.69) is 10.3 Å². The number of hydrogen-bond acceptors (Lipinski definition) is 4. The summed E-state index contributed by atoms with van der Waals surface area (Å²) in [6.45, 7) is 3.86. The fraction of sp³-hybridized carbons (Fsp3) is 0.750. The zero-order valence-electron chi connectivity index (χ0n) is 9.95. The molecule has 2 heterocycles. The fourth-order valence-corrected chi connectivity index (χ4v) is 3.08. The van der Waals surface area contributed by atoms with Gasteiger partial charge in [0.25, 0.3) is 0 Å². The van der Waals surface area contributed by atoms with Gasteiger partial charge in [-0.3, -0.25) is 0 Å². The van der Waals surface area contributed by atoms with E-state index in [1.54, 1.807) is 6.20 Å². The summed E-state index contributed by atoms with van der Waals surface area (Å²) < 4.78 is 6.21. The van der Waals surface area contributed by atoms with Crippen molar-refractivity contribution in [3.8, 4) is 0 Å². The number of piperidine rings is 1. The zero-order chi connectivity index (χ0) is 11.9. The van der Waals surface area contributed by atoms with Crippen LogP contribution in [0.15, 0.2) is 6.20 Å². The second-order valence-electron chi connectivity index (χ2n) is 4.49. The van der Waals surface area contributed by atoms with Crippen molar-refractivity contribution in [3.63, 3.8) is 0 Å². The Hall–Kier alpha value is -0.160. The number of aromatic nitrogens is 1. The highest BCUT2D eigenvalue weighted by molar-refractivity contribution is 7.15. The fourth-order valence-electron chi connectivity index (χ4n) is 2.17. The maximum absolute atomic E-state index is 5.75. The summed E-state index contributed by atoms with van der Waals surface area (Å²) in [5.41, 5.74) is 0. The van der Waals surface area contributed by atoms with Crippen LogP contribution in [0.2, 0.25) is 4.47 Å². The molecule has 1 aliphatic heterocycles. The van der Waals surface area contributed by atoms with Gasteiger partial charge in [-0.05, 0) is 44.7 Å². The first kappa shape index (κ1) is 13.3. The molecule has 1 aromatic rings. The summed E-state index contributed by atoms with van der Waals surface area (Å²) in [4.78, 5) is 5.09. The van der Waals surface area contributed by atoms with Crippen molar-refractivity contribution < 1.29 is 4.74 Å². The van der Waals surface area contributed by atoms with Gasteiger partial charge >= 0.3 is 0 Å². The Morgan fingerprint density at radius 3 is 3.24 bits per heavy atom. The first-order valence-corrected chi connectivity index (χ1v) is 7.42. The molecule has 96 valence electrons. The number of hydrogen-bond donors (Lipinski definition) is 1. The van der Waals surface area contributed by atoms with Crippen molar-refractivity contribution in [2.75, 3.05) is 19.7 Å². The van der Waals surface area contributed by atoms with E-state index < -0.39 is 0 Å². The zero-order valence-corrected chi connectivity index (χ0v) is 11.5. The highest BCUT2D eigenvalue weighted by Crippen LogP contribution is 2.19. The summed E-state index contributed by atoms with van der Waals surface area (Å²) in [5.74, 6) is 0.852. The summed E-state index contributed by atoms with van der Waals surface area (Å²) in [7, 11) is 0. The van der Waals surface area contributed by atoms with E-state index in [-0.39, 0.29) is 0 Å². The number of nitrogens with one attached hydrogen (secondary N) is 1. The van der Waals surface area contributed by atoms with E-state index >= 15 is 0 Å². The first-order valence-electron chi connectivity index (χ1n) is 6.23. The highest BCUT2D eigenvalue weighted by atomic mass is 35.5. The number of halogens is 1. The average Bonchev–Trinajstić information content (AvgIpc) is 2.76. The third kappa shape index (κ3) is 4.92. The van der Waals surface area contributed by atoms with Crippen molar-refractivity contribution in [1.82, 2.24) is 10.3 Å². The Bertz CT molecular complexity index is 326. The molecule has 0 bridgehead atoms. The van der Waals surface area contributed by atoms with Crippen LogP contribution in [0.5, 0.6) is 0 Å². The minimum absolute atomic E-state index is 0.594. The lowest BCUT2D eigenvalue weighted by Crippen LogP contribution is -2.29. The van der Waals surface area contributed by atoms with E-state index in [4.69, 9.17) is 16.3 Å². The molecule has 3 nitrogen and oxygen atoms in total. The van der Waals surface area contributed by atoms with Gasteiger partial charge in [0.15, 0.2) is 4.47 Å². The van der Waals surface area contributed by atoms with Gasteiger partial charge in [0.1, 0.15) is 0 Å². The van der Waals surface area contributed by atoms with E-state index in [9.17, 15) is 0 Å². The van der Waals surface area contributed by atoms with Crippen molar-refractivity contribution in [3.05, 3.63) is 15.5 Å². The lowest BCUT2D eigenvalue weighted by molar-refractivity contribution is 0.114. The predicted molar refractivity (Wildman–Crippen MR) is 71.6 cm³/mol. The van der Waals surface area contributed by atoms with E-state index in [0.717, 1.165) is 23.8 Å². The molecule has 0 aromatic carbocycles. The number of nitrogens with zero attached hydrogens (tertiary/aromatic N) is 1. The minimum atomic E-state index is 0.594. The number of thiazole rings is 1. The van der Waals surface area contributed by atoms with Crippen molar-refractivity contribution in [1.29, 1.82) is 0 Å². The van der Waals surface area contributed by atoms with Crippen LogP contribution < -0.4 is 5.32 Å². The average molecular weight is 275 g/mol. The van der Waals surface area contributed by atoms with Crippen LogP contribution in [0.25, 0.3) is 0 Å². The van der Waals surface area contributed by atoms with Gasteiger partial charge < -0.3 is 10.1 Å². The van der Waals surface area contributed by atoms with E-state index in [1.165, 1.54) is 43.7 Å². The molecule has 0 radical (unpaired) electrons. The van der Waals surface area contributed by atoms with Gasteiger partial charge in [0.05, 0.1) is 11.5 Å². The van der Waals surface area contributed by atoms with Crippen LogP contribution in [-0.4, -0.2) is 24.7 Å². The molecular formula is C12H19ClN2OS. The molecule has 1 N–H and O–H groups in total. The molecule has 5 heteroatoms. The monoisotopic (exact) mass is 274 g/mol. The van der Waals surface area contributed by atoms with Crippen LogP contribution in [0.3, 0.4) is 0 Å². The molecule has 1 saturated heterocycles. The summed E-state index contributed by atoms with van der Waals surface area (Å²) in [6.07, 6.45) is 6.91. The van der Waals surface area contributed by atoms with Gasteiger partial charge in [-0.2, -0.15) is 0 Å². The molecule has 17 heavy (non-hydrogen) atoms. The molecular weight excluding hydrogens is 256 g/mol. The van der Waals surface area contributed by atoms with Gasteiger partial charge in [-0.15, -0.1) is 11.3 Å². The molecule has 0 spiro atoms. The van der Waals surface area contributed by atoms with Crippen molar-refractivity contribution in [2.24, 2.45) is 5.92 Å². The Morgan fingerprint density at radius 1 is 1.59 bits per heavy atom. The molecule has 0 saturated carbocycles. The Labute approximate surface area is 112 Å². The lowest BCUT2D eigenvalue weighted by atomic mass is 9.95. The highest BCUT2D eigenvalue weighted by Gasteiger charge is 2.11. The molecule has 0 unspecified atom stereocenters.